The number of halogens is 2. The first-order chi connectivity index (χ1) is 22.8. The lowest BCUT2D eigenvalue weighted by atomic mass is 9.86. The van der Waals surface area contributed by atoms with E-state index in [1.807, 2.05) is 41.5 Å². The van der Waals surface area contributed by atoms with Gasteiger partial charge in [-0.05, 0) is 38.5 Å². The Kier molecular flexibility index (Phi) is 23.5. The van der Waals surface area contributed by atoms with E-state index in [4.69, 9.17) is 40.7 Å². The Morgan fingerprint density at radius 3 is 1.15 bits per heavy atom. The van der Waals surface area contributed by atoms with E-state index in [0.717, 1.165) is 0 Å². The molecule has 0 aromatic carbocycles. The van der Waals surface area contributed by atoms with Crippen molar-refractivity contribution in [2.45, 2.75) is 155 Å². The molecule has 0 unspecified atom stereocenters. The number of hydrogen-bond donors (Lipinski definition) is 1. The van der Waals surface area contributed by atoms with Crippen LogP contribution in [0.15, 0.2) is 0 Å². The van der Waals surface area contributed by atoms with Gasteiger partial charge in [-0.1, -0.05) is 80.1 Å². The van der Waals surface area contributed by atoms with Crippen molar-refractivity contribution in [2.75, 3.05) is 39.6 Å². The molecule has 0 amide bonds. The van der Waals surface area contributed by atoms with Crippen LogP contribution in [0, 0.1) is 0 Å². The highest BCUT2D eigenvalue weighted by Gasteiger charge is 2.63. The van der Waals surface area contributed by atoms with Crippen molar-refractivity contribution in [1.29, 1.82) is 0 Å². The van der Waals surface area contributed by atoms with Crippen LogP contribution in [0.4, 0.5) is 8.78 Å². The van der Waals surface area contributed by atoms with Gasteiger partial charge in [0.15, 0.2) is 0 Å². The number of phosphoric acid groups is 3. The maximum atomic E-state index is 16.1. The zero-order valence-corrected chi connectivity index (χ0v) is 32.4. The molecule has 0 radical (unpaired) electrons. The summed E-state index contributed by atoms with van der Waals surface area (Å²) in [6.07, 6.45) is -3.07. The molecule has 0 saturated heterocycles. The van der Waals surface area contributed by atoms with Gasteiger partial charge in [-0.3, -0.25) is 40.7 Å². The van der Waals surface area contributed by atoms with Gasteiger partial charge >= 0.3 is 29.4 Å². The van der Waals surface area contributed by atoms with Gasteiger partial charge in [0.25, 0.3) is 0 Å². The predicted molar refractivity (Wildman–Crippen MR) is 178 cm³/mol. The average molecular weight is 761 g/mol. The Balaban J connectivity index is 3.59. The summed E-state index contributed by atoms with van der Waals surface area (Å²) in [5, 5.41) is 11.2. The molecule has 1 aliphatic carbocycles. The molecule has 1 rings (SSSR count). The molecule has 0 aromatic rings. The molecular formula is C30H61F2O13P3. The minimum atomic E-state index is -4.60. The fourth-order valence-corrected chi connectivity index (χ4v) is 8.48. The maximum absolute atomic E-state index is 16.1. The molecule has 48 heavy (non-hydrogen) atoms. The van der Waals surface area contributed by atoms with Gasteiger partial charge in [0.05, 0.1) is 39.6 Å². The lowest BCUT2D eigenvalue weighted by Crippen LogP contribution is -2.61. The van der Waals surface area contributed by atoms with Crippen LogP contribution in [-0.2, 0) is 54.4 Å². The van der Waals surface area contributed by atoms with Gasteiger partial charge in [-0.15, -0.1) is 0 Å². The summed E-state index contributed by atoms with van der Waals surface area (Å²) in [5.74, 6) is -4.18. The molecule has 4 atom stereocenters. The van der Waals surface area contributed by atoms with Crippen molar-refractivity contribution in [3.8, 4) is 0 Å². The van der Waals surface area contributed by atoms with E-state index in [2.05, 4.69) is 0 Å². The van der Waals surface area contributed by atoms with Gasteiger partial charge < -0.3 is 5.11 Å². The molecule has 1 N–H and O–H groups in total. The predicted octanol–water partition coefficient (Wildman–Crippen LogP) is 9.77. The average Bonchev–Trinajstić information content (AvgIpc) is 3.03. The number of alkyl halides is 2. The molecule has 0 aliphatic heterocycles. The fraction of sp³-hybridized carbons (Fsp3) is 1.00. The lowest BCUT2D eigenvalue weighted by molar-refractivity contribution is -0.244. The Hall–Kier alpha value is 0.150. The van der Waals surface area contributed by atoms with Gasteiger partial charge in [-0.25, -0.2) is 22.5 Å². The van der Waals surface area contributed by atoms with Crippen molar-refractivity contribution in [3.63, 3.8) is 0 Å². The highest BCUT2D eigenvalue weighted by Crippen LogP contribution is 2.60. The summed E-state index contributed by atoms with van der Waals surface area (Å²) in [6.45, 7) is 10.8. The number of rotatable bonds is 30. The summed E-state index contributed by atoms with van der Waals surface area (Å²) in [5.41, 5.74) is 0. The minimum Gasteiger partial charge on any atom is -0.384 e. The Morgan fingerprint density at radius 1 is 0.542 bits per heavy atom. The van der Waals surface area contributed by atoms with Crippen LogP contribution in [0.1, 0.15) is 125 Å². The van der Waals surface area contributed by atoms with E-state index >= 15 is 8.78 Å². The molecule has 1 fully saturated rings. The second-order valence-electron chi connectivity index (χ2n) is 11.6. The highest BCUT2D eigenvalue weighted by atomic mass is 31.2. The summed E-state index contributed by atoms with van der Waals surface area (Å²) in [7, 11) is -13.7. The van der Waals surface area contributed by atoms with E-state index in [0.29, 0.717) is 77.0 Å². The van der Waals surface area contributed by atoms with Gasteiger partial charge in [0, 0.05) is 6.42 Å². The van der Waals surface area contributed by atoms with E-state index in [1.165, 1.54) is 0 Å². The number of hydrogen-bond acceptors (Lipinski definition) is 13. The molecule has 288 valence electrons. The third kappa shape index (κ3) is 16.7. The van der Waals surface area contributed by atoms with E-state index in [1.54, 1.807) is 0 Å². The van der Waals surface area contributed by atoms with Crippen LogP contribution in [0.2, 0.25) is 0 Å². The molecule has 0 spiro atoms. The number of phosphoric ester groups is 3. The second-order valence-corrected chi connectivity index (χ2v) is 16.5. The Bertz CT molecular complexity index is 952. The van der Waals surface area contributed by atoms with Crippen LogP contribution in [0.5, 0.6) is 0 Å². The van der Waals surface area contributed by atoms with Crippen molar-refractivity contribution in [3.05, 3.63) is 0 Å². The quantitative estimate of drug-likeness (QED) is 0.0546. The smallest absolute Gasteiger partial charge is 0.384 e. The molecule has 1 aliphatic rings. The van der Waals surface area contributed by atoms with Crippen LogP contribution in [0.3, 0.4) is 0 Å². The highest BCUT2D eigenvalue weighted by molar-refractivity contribution is 7.49. The summed E-state index contributed by atoms with van der Waals surface area (Å²) in [6, 6.07) is 0. The van der Waals surface area contributed by atoms with Gasteiger partial charge in [0.2, 0.25) is 0 Å². The van der Waals surface area contributed by atoms with Gasteiger partial charge in [-0.2, -0.15) is 0 Å². The van der Waals surface area contributed by atoms with Crippen LogP contribution in [-0.4, -0.2) is 75.1 Å². The van der Waals surface area contributed by atoms with E-state index in [-0.39, 0.29) is 39.6 Å². The molecule has 18 heteroatoms. The van der Waals surface area contributed by atoms with Crippen LogP contribution in [0.25, 0.3) is 0 Å². The van der Waals surface area contributed by atoms with Crippen molar-refractivity contribution >= 4 is 23.5 Å². The topological polar surface area (TPSA) is 155 Å². The first-order valence-electron chi connectivity index (χ1n) is 17.6. The van der Waals surface area contributed by atoms with Crippen LogP contribution >= 0.6 is 23.5 Å². The zero-order chi connectivity index (χ0) is 36.1. The zero-order valence-electron chi connectivity index (χ0n) is 29.7. The molecule has 0 aromatic heterocycles. The lowest BCUT2D eigenvalue weighted by Gasteiger charge is -2.44. The Morgan fingerprint density at radius 2 is 0.833 bits per heavy atom. The largest absolute Gasteiger partial charge is 0.475 e. The number of aliphatic hydroxyl groups is 1. The normalized spacial score (nSPS) is 21.9. The van der Waals surface area contributed by atoms with E-state index in [9.17, 15) is 18.8 Å². The molecular weight excluding hydrogens is 699 g/mol. The summed E-state index contributed by atoms with van der Waals surface area (Å²) < 4.78 is 123. The SMILES string of the molecule is CCCCOP(=O)(OCCCC)O[C@@H]1[C@@H](O)C(F)(F)[C@@H](OP(=O)(OCCCC)OCCCC)C[C@H]1OP(=O)(OCCCC)OCCCC. The summed E-state index contributed by atoms with van der Waals surface area (Å²) >= 11 is 0. The monoisotopic (exact) mass is 760 g/mol. The standard InChI is InChI=1S/C30H61F2O13P3/c1-7-13-19-37-46(34,38-20-14-8-2)43-26-25-27(44-47(35,39-21-15-9-3)40-22-16-10-4)30(31,32)29(33)28(26)45-48(36,41-23-17-11-5)42-24-18-12-6/h26-29,33H,7-25H2,1-6H3/t26-,27+,28+,29-/m1/s1. The molecule has 13 nitrogen and oxygen atoms in total. The molecule has 1 saturated carbocycles. The van der Waals surface area contributed by atoms with Gasteiger partial charge in [0.1, 0.15) is 24.4 Å². The Labute approximate surface area is 286 Å². The first-order valence-corrected chi connectivity index (χ1v) is 22.0. The van der Waals surface area contributed by atoms with E-state index < -0.39 is 60.2 Å². The number of unbranched alkanes of at least 4 members (excludes halogenated alkanes) is 6. The third-order valence-corrected chi connectivity index (χ3v) is 11.7. The first kappa shape index (κ1) is 46.2. The molecule has 0 heterocycles. The summed E-state index contributed by atoms with van der Waals surface area (Å²) in [4.78, 5) is 0. The number of aliphatic hydroxyl groups excluding tert-OH is 1. The van der Waals surface area contributed by atoms with Crippen molar-refractivity contribution in [1.82, 2.24) is 0 Å². The van der Waals surface area contributed by atoms with Crippen molar-refractivity contribution in [2.24, 2.45) is 0 Å². The third-order valence-electron chi connectivity index (χ3n) is 7.20. The van der Waals surface area contributed by atoms with Crippen molar-refractivity contribution < 1.29 is 68.3 Å². The second kappa shape index (κ2) is 24.4. The minimum absolute atomic E-state index is 0.0404. The van der Waals surface area contributed by atoms with Crippen LogP contribution < -0.4 is 0 Å². The fourth-order valence-electron chi connectivity index (χ4n) is 4.15. The molecule has 0 bridgehead atoms. The maximum Gasteiger partial charge on any atom is 0.475 e.